The van der Waals surface area contributed by atoms with Crippen molar-refractivity contribution in [3.8, 4) is 0 Å². The van der Waals surface area contributed by atoms with E-state index in [0.717, 1.165) is 5.76 Å². The number of nitrogen functional groups attached to an aromatic ring is 1. The van der Waals surface area contributed by atoms with E-state index in [1.54, 1.807) is 12.3 Å². The lowest BCUT2D eigenvalue weighted by Crippen LogP contribution is -2.34. The molecule has 0 fully saturated rings. The van der Waals surface area contributed by atoms with Crippen LogP contribution in [-0.4, -0.2) is 41.8 Å². The monoisotopic (exact) mass is 265 g/mol. The summed E-state index contributed by atoms with van der Waals surface area (Å²) in [5.74, 6) is 0.297. The molecule has 2 heterocycles. The summed E-state index contributed by atoms with van der Waals surface area (Å²) in [6.45, 7) is 0.353. The molecule has 1 unspecified atom stereocenters. The Morgan fingerprint density at radius 1 is 1.53 bits per heavy atom. The summed E-state index contributed by atoms with van der Waals surface area (Å²) in [5.41, 5.74) is 5.43. The van der Waals surface area contributed by atoms with E-state index >= 15 is 0 Å². The number of nitrogens with two attached hydrogens (primary N) is 1. The molecule has 0 aliphatic carbocycles. The minimum atomic E-state index is -0.433. The van der Waals surface area contributed by atoms with Crippen molar-refractivity contribution in [2.75, 3.05) is 26.4 Å². The second kappa shape index (κ2) is 5.53. The quantitative estimate of drug-likeness (QED) is 0.798. The zero-order chi connectivity index (χ0) is 13.8. The van der Waals surface area contributed by atoms with Gasteiger partial charge >= 0.3 is 0 Å². The zero-order valence-electron chi connectivity index (χ0n) is 10.7. The van der Waals surface area contributed by atoms with Crippen LogP contribution in [0.3, 0.4) is 0 Å². The standard InChI is InChI=1S/C11H15N5O3/c1-16(2)7(8-4-3-5-18-8)6-13-11(17)9-10(12)15-19-14-9/h3-5,7H,6H2,1-2H3,(H2,12,15)(H,13,17). The summed E-state index contributed by atoms with van der Waals surface area (Å²) < 4.78 is 9.72. The molecule has 3 N–H and O–H groups in total. The first kappa shape index (κ1) is 13.1. The minimum absolute atomic E-state index is 0.0167. The Bertz CT molecular complexity index is 534. The van der Waals surface area contributed by atoms with Crippen molar-refractivity contribution in [3.63, 3.8) is 0 Å². The van der Waals surface area contributed by atoms with E-state index in [-0.39, 0.29) is 17.6 Å². The third-order valence-corrected chi connectivity index (χ3v) is 2.68. The molecule has 0 radical (unpaired) electrons. The van der Waals surface area contributed by atoms with Gasteiger partial charge in [0.05, 0.1) is 12.3 Å². The summed E-state index contributed by atoms with van der Waals surface area (Å²) in [6, 6.07) is 3.57. The average Bonchev–Trinajstić information content (AvgIpc) is 3.00. The molecular weight excluding hydrogens is 250 g/mol. The van der Waals surface area contributed by atoms with Crippen molar-refractivity contribution in [1.29, 1.82) is 0 Å². The molecule has 0 aromatic carbocycles. The lowest BCUT2D eigenvalue weighted by atomic mass is 10.2. The van der Waals surface area contributed by atoms with Crippen molar-refractivity contribution in [1.82, 2.24) is 20.5 Å². The predicted molar refractivity (Wildman–Crippen MR) is 66.2 cm³/mol. The number of anilines is 1. The smallest absolute Gasteiger partial charge is 0.277 e. The van der Waals surface area contributed by atoms with Gasteiger partial charge in [0.25, 0.3) is 5.91 Å². The molecular formula is C11H15N5O3. The maximum Gasteiger partial charge on any atom is 0.277 e. The van der Waals surface area contributed by atoms with Crippen LogP contribution >= 0.6 is 0 Å². The number of aromatic nitrogens is 2. The Kier molecular flexibility index (Phi) is 3.81. The molecule has 2 aromatic heterocycles. The lowest BCUT2D eigenvalue weighted by molar-refractivity contribution is 0.0930. The van der Waals surface area contributed by atoms with Crippen LogP contribution in [0.2, 0.25) is 0 Å². The van der Waals surface area contributed by atoms with Gasteiger partial charge in [-0.05, 0) is 36.5 Å². The van der Waals surface area contributed by atoms with Crippen LogP contribution in [0.25, 0.3) is 0 Å². The van der Waals surface area contributed by atoms with Gasteiger partial charge in [-0.15, -0.1) is 0 Å². The van der Waals surface area contributed by atoms with E-state index in [1.807, 2.05) is 25.1 Å². The number of nitrogens with zero attached hydrogens (tertiary/aromatic N) is 3. The van der Waals surface area contributed by atoms with Gasteiger partial charge in [0.15, 0.2) is 0 Å². The molecule has 19 heavy (non-hydrogen) atoms. The second-order valence-corrected chi connectivity index (χ2v) is 4.20. The van der Waals surface area contributed by atoms with Gasteiger partial charge < -0.3 is 15.5 Å². The van der Waals surface area contributed by atoms with Crippen LogP contribution in [0.1, 0.15) is 22.3 Å². The molecule has 8 heteroatoms. The van der Waals surface area contributed by atoms with Gasteiger partial charge in [-0.2, -0.15) is 0 Å². The molecule has 2 aromatic rings. The zero-order valence-corrected chi connectivity index (χ0v) is 10.7. The number of hydrogen-bond acceptors (Lipinski definition) is 7. The summed E-state index contributed by atoms with van der Waals surface area (Å²) in [4.78, 5) is 13.8. The van der Waals surface area contributed by atoms with E-state index in [0.29, 0.717) is 6.54 Å². The number of amides is 1. The van der Waals surface area contributed by atoms with Gasteiger partial charge in [-0.25, -0.2) is 4.63 Å². The fourth-order valence-corrected chi connectivity index (χ4v) is 1.64. The summed E-state index contributed by atoms with van der Waals surface area (Å²) in [6.07, 6.45) is 1.59. The molecule has 1 amide bonds. The largest absolute Gasteiger partial charge is 0.468 e. The molecule has 0 bridgehead atoms. The van der Waals surface area contributed by atoms with E-state index in [4.69, 9.17) is 10.2 Å². The van der Waals surface area contributed by atoms with Crippen LogP contribution in [-0.2, 0) is 0 Å². The number of hydrogen-bond donors (Lipinski definition) is 2. The highest BCUT2D eigenvalue weighted by molar-refractivity contribution is 5.95. The summed E-state index contributed by atoms with van der Waals surface area (Å²) in [7, 11) is 3.79. The number of carbonyl (C=O) groups is 1. The third kappa shape index (κ3) is 2.91. The van der Waals surface area contributed by atoms with Gasteiger partial charge in [0.1, 0.15) is 5.76 Å². The van der Waals surface area contributed by atoms with E-state index in [9.17, 15) is 4.79 Å². The number of rotatable bonds is 5. The Morgan fingerprint density at radius 3 is 2.84 bits per heavy atom. The average molecular weight is 265 g/mol. The van der Waals surface area contributed by atoms with Gasteiger partial charge in [0.2, 0.25) is 11.5 Å². The lowest BCUT2D eigenvalue weighted by Gasteiger charge is -2.22. The topological polar surface area (TPSA) is 110 Å². The van der Waals surface area contributed by atoms with Gasteiger partial charge in [-0.3, -0.25) is 9.69 Å². The molecule has 0 aliphatic heterocycles. The Labute approximate surface area is 109 Å². The maximum atomic E-state index is 11.8. The van der Waals surface area contributed by atoms with Crippen molar-refractivity contribution >= 4 is 11.7 Å². The highest BCUT2D eigenvalue weighted by atomic mass is 16.6. The first-order chi connectivity index (χ1) is 9.09. The highest BCUT2D eigenvalue weighted by Gasteiger charge is 2.21. The fraction of sp³-hybridized carbons (Fsp3) is 0.364. The van der Waals surface area contributed by atoms with E-state index < -0.39 is 5.91 Å². The number of nitrogens with one attached hydrogen (secondary N) is 1. The van der Waals surface area contributed by atoms with E-state index in [2.05, 4.69) is 20.3 Å². The van der Waals surface area contributed by atoms with Crippen LogP contribution in [0, 0.1) is 0 Å². The van der Waals surface area contributed by atoms with Gasteiger partial charge in [-0.1, -0.05) is 0 Å². The highest BCUT2D eigenvalue weighted by Crippen LogP contribution is 2.17. The SMILES string of the molecule is CN(C)C(CNC(=O)c1nonc1N)c1ccco1. The first-order valence-electron chi connectivity index (χ1n) is 5.65. The molecule has 0 spiro atoms. The number of furan rings is 1. The summed E-state index contributed by atoms with van der Waals surface area (Å²) in [5, 5.41) is 9.51. The van der Waals surface area contributed by atoms with Gasteiger partial charge in [0, 0.05) is 6.54 Å². The van der Waals surface area contributed by atoms with Crippen molar-refractivity contribution in [2.45, 2.75) is 6.04 Å². The molecule has 8 nitrogen and oxygen atoms in total. The molecule has 0 aliphatic rings. The Balaban J connectivity index is 2.00. The van der Waals surface area contributed by atoms with Crippen molar-refractivity contribution in [2.24, 2.45) is 0 Å². The predicted octanol–water partition coefficient (Wildman–Crippen LogP) is 0.277. The normalized spacial score (nSPS) is 12.6. The molecule has 0 saturated heterocycles. The first-order valence-corrected chi connectivity index (χ1v) is 5.65. The third-order valence-electron chi connectivity index (χ3n) is 2.68. The molecule has 1 atom stereocenters. The minimum Gasteiger partial charge on any atom is -0.468 e. The summed E-state index contributed by atoms with van der Waals surface area (Å²) >= 11 is 0. The Morgan fingerprint density at radius 2 is 2.32 bits per heavy atom. The molecule has 2 rings (SSSR count). The maximum absolute atomic E-state index is 11.8. The number of carbonyl (C=O) groups excluding carboxylic acids is 1. The van der Waals surface area contributed by atoms with E-state index in [1.165, 1.54) is 0 Å². The number of likely N-dealkylation sites (N-methyl/N-ethyl adjacent to an activating group) is 1. The van der Waals surface area contributed by atoms with Crippen LogP contribution < -0.4 is 11.1 Å². The second-order valence-electron chi connectivity index (χ2n) is 4.20. The van der Waals surface area contributed by atoms with Crippen molar-refractivity contribution in [3.05, 3.63) is 29.9 Å². The van der Waals surface area contributed by atoms with Crippen LogP contribution in [0.15, 0.2) is 27.4 Å². The Hall–Kier alpha value is -2.35. The molecule has 0 saturated carbocycles. The van der Waals surface area contributed by atoms with Crippen molar-refractivity contribution < 1.29 is 13.8 Å². The molecule has 102 valence electrons. The fourth-order valence-electron chi connectivity index (χ4n) is 1.64. The van der Waals surface area contributed by atoms with Crippen LogP contribution in [0.4, 0.5) is 5.82 Å². The van der Waals surface area contributed by atoms with Crippen LogP contribution in [0.5, 0.6) is 0 Å².